The Hall–Kier alpha value is -0.160. The maximum Gasteiger partial charge on any atom is 0.186 e. The summed E-state index contributed by atoms with van der Waals surface area (Å²) in [4.78, 5) is 0. The van der Waals surface area contributed by atoms with Gasteiger partial charge in [0.15, 0.2) is 6.29 Å². The standard InChI is InChI=1S/C5H8O4/c6-3-2-1-8-5(9-2)4(3)7/h2-7H,1H2/t2-,3-,4+,5+/m0/s1. The summed E-state index contributed by atoms with van der Waals surface area (Å²) < 4.78 is 9.88. The van der Waals surface area contributed by atoms with Gasteiger partial charge in [-0.05, 0) is 0 Å². The van der Waals surface area contributed by atoms with Gasteiger partial charge < -0.3 is 19.7 Å². The van der Waals surface area contributed by atoms with Crippen LogP contribution in [0.1, 0.15) is 0 Å². The van der Waals surface area contributed by atoms with E-state index < -0.39 is 18.5 Å². The first-order chi connectivity index (χ1) is 4.29. The molecular weight excluding hydrogens is 124 g/mol. The van der Waals surface area contributed by atoms with E-state index in [-0.39, 0.29) is 6.10 Å². The monoisotopic (exact) mass is 132 g/mol. The van der Waals surface area contributed by atoms with Crippen molar-refractivity contribution in [1.82, 2.24) is 0 Å². The van der Waals surface area contributed by atoms with Crippen molar-refractivity contribution in [2.45, 2.75) is 24.6 Å². The largest absolute Gasteiger partial charge is 0.387 e. The molecule has 4 nitrogen and oxygen atoms in total. The molecule has 2 fully saturated rings. The summed E-state index contributed by atoms with van der Waals surface area (Å²) in [5.74, 6) is 0. The molecule has 52 valence electrons. The van der Waals surface area contributed by atoms with Gasteiger partial charge in [0.25, 0.3) is 0 Å². The van der Waals surface area contributed by atoms with E-state index in [4.69, 9.17) is 19.7 Å². The number of aliphatic hydroxyl groups excluding tert-OH is 2. The molecular formula is C5H8O4. The second kappa shape index (κ2) is 1.67. The van der Waals surface area contributed by atoms with Gasteiger partial charge in [-0.1, -0.05) is 0 Å². The fourth-order valence-electron chi connectivity index (χ4n) is 1.18. The molecule has 2 N–H and O–H groups in total. The highest BCUT2D eigenvalue weighted by Crippen LogP contribution is 2.28. The van der Waals surface area contributed by atoms with Crippen LogP contribution in [0, 0.1) is 0 Å². The SMILES string of the molecule is O[C@@H]1[C@@H](O)[C@@H]2OC[C@@H]1O2. The van der Waals surface area contributed by atoms with Crippen LogP contribution in [-0.2, 0) is 9.47 Å². The Morgan fingerprint density at radius 3 is 2.33 bits per heavy atom. The minimum Gasteiger partial charge on any atom is -0.387 e. The first-order valence-electron chi connectivity index (χ1n) is 2.92. The Morgan fingerprint density at radius 1 is 1.22 bits per heavy atom. The molecule has 0 radical (unpaired) electrons. The average Bonchev–Trinajstić information content (AvgIpc) is 2.37. The normalized spacial score (nSPS) is 56.7. The zero-order valence-corrected chi connectivity index (χ0v) is 4.73. The van der Waals surface area contributed by atoms with Crippen LogP contribution in [0.2, 0.25) is 0 Å². The van der Waals surface area contributed by atoms with E-state index in [1.165, 1.54) is 0 Å². The smallest absolute Gasteiger partial charge is 0.186 e. The Kier molecular flexibility index (Phi) is 1.04. The second-order valence-electron chi connectivity index (χ2n) is 2.36. The highest BCUT2D eigenvalue weighted by atomic mass is 16.7. The summed E-state index contributed by atoms with van der Waals surface area (Å²) in [5.41, 5.74) is 0. The van der Waals surface area contributed by atoms with E-state index in [2.05, 4.69) is 0 Å². The van der Waals surface area contributed by atoms with E-state index >= 15 is 0 Å². The molecule has 2 aliphatic heterocycles. The summed E-state index contributed by atoms with van der Waals surface area (Å²) in [5, 5.41) is 18.0. The summed E-state index contributed by atoms with van der Waals surface area (Å²) in [6.45, 7) is 0.406. The lowest BCUT2D eigenvalue weighted by atomic mass is 10.1. The summed E-state index contributed by atoms with van der Waals surface area (Å²) in [6.07, 6.45) is -2.47. The molecule has 2 rings (SSSR count). The number of hydrogen-bond donors (Lipinski definition) is 2. The summed E-state index contributed by atoms with van der Waals surface area (Å²) >= 11 is 0. The molecule has 0 aliphatic carbocycles. The summed E-state index contributed by atoms with van der Waals surface area (Å²) in [7, 11) is 0. The average molecular weight is 132 g/mol. The molecule has 0 amide bonds. The molecule has 0 spiro atoms. The fraction of sp³-hybridized carbons (Fsp3) is 1.00. The Morgan fingerprint density at radius 2 is 2.00 bits per heavy atom. The number of aliphatic hydroxyl groups is 2. The van der Waals surface area contributed by atoms with Crippen LogP contribution in [0.3, 0.4) is 0 Å². The van der Waals surface area contributed by atoms with Gasteiger partial charge in [-0.15, -0.1) is 0 Å². The minimum absolute atomic E-state index is 0.301. The highest BCUT2D eigenvalue weighted by molar-refractivity contribution is 4.90. The van der Waals surface area contributed by atoms with Crippen molar-refractivity contribution in [2.24, 2.45) is 0 Å². The Balaban J connectivity index is 2.15. The first-order valence-corrected chi connectivity index (χ1v) is 2.92. The predicted molar refractivity (Wildman–Crippen MR) is 26.6 cm³/mol. The topological polar surface area (TPSA) is 58.9 Å². The molecule has 4 heteroatoms. The van der Waals surface area contributed by atoms with Gasteiger partial charge in [0.05, 0.1) is 6.61 Å². The molecule has 4 atom stereocenters. The molecule has 2 heterocycles. The van der Waals surface area contributed by atoms with E-state index in [9.17, 15) is 0 Å². The van der Waals surface area contributed by atoms with Gasteiger partial charge in [-0.3, -0.25) is 0 Å². The van der Waals surface area contributed by atoms with Crippen molar-refractivity contribution in [1.29, 1.82) is 0 Å². The van der Waals surface area contributed by atoms with Gasteiger partial charge >= 0.3 is 0 Å². The fourth-order valence-corrected chi connectivity index (χ4v) is 1.18. The molecule has 0 saturated carbocycles. The molecule has 0 unspecified atom stereocenters. The third kappa shape index (κ3) is 0.616. The van der Waals surface area contributed by atoms with Crippen molar-refractivity contribution in [2.75, 3.05) is 6.61 Å². The van der Waals surface area contributed by atoms with Crippen molar-refractivity contribution < 1.29 is 19.7 Å². The van der Waals surface area contributed by atoms with E-state index in [0.29, 0.717) is 6.61 Å². The van der Waals surface area contributed by atoms with E-state index in [1.807, 2.05) is 0 Å². The first kappa shape index (κ1) is 5.61. The Bertz CT molecular complexity index is 108. The number of hydrogen-bond acceptors (Lipinski definition) is 4. The van der Waals surface area contributed by atoms with Crippen molar-refractivity contribution in [3.8, 4) is 0 Å². The van der Waals surface area contributed by atoms with Crippen LogP contribution < -0.4 is 0 Å². The predicted octanol–water partition coefficient (Wildman–Crippen LogP) is -1.54. The van der Waals surface area contributed by atoms with E-state index in [1.54, 1.807) is 0 Å². The zero-order valence-electron chi connectivity index (χ0n) is 4.73. The molecule has 0 aromatic heterocycles. The van der Waals surface area contributed by atoms with Gasteiger partial charge in [-0.2, -0.15) is 0 Å². The van der Waals surface area contributed by atoms with Crippen molar-refractivity contribution >= 4 is 0 Å². The Labute approximate surface area is 52.0 Å². The van der Waals surface area contributed by atoms with Gasteiger partial charge in [0.2, 0.25) is 0 Å². The third-order valence-electron chi connectivity index (χ3n) is 1.74. The van der Waals surface area contributed by atoms with Crippen LogP contribution in [0.25, 0.3) is 0 Å². The minimum atomic E-state index is -0.844. The quantitative estimate of drug-likeness (QED) is 0.419. The van der Waals surface area contributed by atoms with E-state index in [0.717, 1.165) is 0 Å². The third-order valence-corrected chi connectivity index (χ3v) is 1.74. The lowest BCUT2D eigenvalue weighted by Gasteiger charge is -2.17. The maximum atomic E-state index is 9.03. The van der Waals surface area contributed by atoms with Gasteiger partial charge in [0.1, 0.15) is 18.3 Å². The van der Waals surface area contributed by atoms with Crippen LogP contribution >= 0.6 is 0 Å². The van der Waals surface area contributed by atoms with Crippen LogP contribution in [0.4, 0.5) is 0 Å². The summed E-state index contributed by atoms with van der Waals surface area (Å²) in [6, 6.07) is 0. The number of fused-ring (bicyclic) bond motifs is 2. The molecule has 2 saturated heterocycles. The van der Waals surface area contributed by atoms with Crippen molar-refractivity contribution in [3.63, 3.8) is 0 Å². The molecule has 0 aromatic rings. The lowest BCUT2D eigenvalue weighted by Crippen LogP contribution is -2.39. The van der Waals surface area contributed by atoms with Crippen molar-refractivity contribution in [3.05, 3.63) is 0 Å². The molecule has 2 bridgehead atoms. The molecule has 2 aliphatic rings. The van der Waals surface area contributed by atoms with Crippen LogP contribution in [-0.4, -0.2) is 41.4 Å². The molecule has 0 aromatic carbocycles. The molecule has 9 heavy (non-hydrogen) atoms. The van der Waals surface area contributed by atoms with Gasteiger partial charge in [0, 0.05) is 0 Å². The number of ether oxygens (including phenoxy) is 2. The second-order valence-corrected chi connectivity index (χ2v) is 2.36. The van der Waals surface area contributed by atoms with Crippen LogP contribution in [0.15, 0.2) is 0 Å². The van der Waals surface area contributed by atoms with Crippen LogP contribution in [0.5, 0.6) is 0 Å². The highest BCUT2D eigenvalue weighted by Gasteiger charge is 2.48. The van der Waals surface area contributed by atoms with Gasteiger partial charge in [-0.25, -0.2) is 0 Å². The number of rotatable bonds is 0. The zero-order chi connectivity index (χ0) is 6.43. The lowest BCUT2D eigenvalue weighted by molar-refractivity contribution is -0.111. The maximum absolute atomic E-state index is 9.03.